The zero-order chi connectivity index (χ0) is 18.0. The molecule has 1 amide bonds. The molecule has 8 heteroatoms. The van der Waals surface area contributed by atoms with E-state index in [1.165, 1.54) is 0 Å². The lowest BCUT2D eigenvalue weighted by Crippen LogP contribution is -2.16. The van der Waals surface area contributed by atoms with Crippen molar-refractivity contribution in [1.29, 1.82) is 0 Å². The molecule has 8 nitrogen and oxygen atoms in total. The van der Waals surface area contributed by atoms with Gasteiger partial charge < -0.3 is 9.47 Å². The second kappa shape index (κ2) is 6.92. The number of nitrogens with zero attached hydrogens (tertiary/aromatic N) is 4. The summed E-state index contributed by atoms with van der Waals surface area (Å²) >= 11 is 0. The van der Waals surface area contributed by atoms with E-state index in [-0.39, 0.29) is 6.61 Å². The van der Waals surface area contributed by atoms with Crippen molar-refractivity contribution in [2.24, 2.45) is 0 Å². The van der Waals surface area contributed by atoms with Gasteiger partial charge in [-0.3, -0.25) is 9.72 Å². The van der Waals surface area contributed by atoms with E-state index in [1.54, 1.807) is 20.1 Å². The minimum Gasteiger partial charge on any atom is -0.481 e. The molecular weight excluding hydrogens is 322 g/mol. The standard InChI is InChI=1S/C17H21N5O3/c1-5-7-12-18-10(3)14-15(21-17(23)25-6-2)19-11-8-9-13(24-4)20-16(11)22(12)14/h8-9H,5-7H2,1-4H3,(H,19,21,23). The maximum atomic E-state index is 11.9. The predicted molar refractivity (Wildman–Crippen MR) is 94.2 cm³/mol. The third kappa shape index (κ3) is 3.07. The monoisotopic (exact) mass is 343 g/mol. The fraction of sp³-hybridized carbons (Fsp3) is 0.412. The van der Waals surface area contributed by atoms with Crippen molar-refractivity contribution in [2.45, 2.75) is 33.6 Å². The molecule has 0 spiro atoms. The Morgan fingerprint density at radius 3 is 2.72 bits per heavy atom. The molecule has 0 atom stereocenters. The molecular formula is C17H21N5O3. The van der Waals surface area contributed by atoms with Crippen LogP contribution in [0.2, 0.25) is 0 Å². The van der Waals surface area contributed by atoms with Crippen molar-refractivity contribution in [2.75, 3.05) is 19.0 Å². The molecule has 25 heavy (non-hydrogen) atoms. The van der Waals surface area contributed by atoms with Crippen LogP contribution in [0.4, 0.5) is 10.6 Å². The van der Waals surface area contributed by atoms with Crippen LogP contribution in [0.15, 0.2) is 12.1 Å². The van der Waals surface area contributed by atoms with Crippen LogP contribution in [0.3, 0.4) is 0 Å². The number of ether oxygens (including phenoxy) is 2. The molecule has 0 aromatic carbocycles. The molecule has 0 fully saturated rings. The van der Waals surface area contributed by atoms with Gasteiger partial charge in [-0.15, -0.1) is 0 Å². The number of carbonyl (C=O) groups is 1. The number of methoxy groups -OCH3 is 1. The number of hydrogen-bond donors (Lipinski definition) is 1. The summed E-state index contributed by atoms with van der Waals surface area (Å²) in [5.74, 6) is 1.77. The molecule has 0 saturated heterocycles. The van der Waals surface area contributed by atoms with Gasteiger partial charge in [0.05, 0.1) is 19.4 Å². The van der Waals surface area contributed by atoms with Crippen LogP contribution in [0, 0.1) is 6.92 Å². The van der Waals surface area contributed by atoms with Crippen molar-refractivity contribution in [3.8, 4) is 5.88 Å². The van der Waals surface area contributed by atoms with Crippen molar-refractivity contribution >= 4 is 28.6 Å². The molecule has 1 N–H and O–H groups in total. The lowest BCUT2D eigenvalue weighted by molar-refractivity contribution is 0.168. The van der Waals surface area contributed by atoms with E-state index in [9.17, 15) is 4.79 Å². The molecule has 3 aromatic rings. The van der Waals surface area contributed by atoms with E-state index in [1.807, 2.05) is 17.4 Å². The summed E-state index contributed by atoms with van der Waals surface area (Å²) in [6.45, 7) is 6.01. The van der Waals surface area contributed by atoms with E-state index in [2.05, 4.69) is 27.2 Å². The van der Waals surface area contributed by atoms with Crippen LogP contribution in [-0.4, -0.2) is 39.2 Å². The quantitative estimate of drug-likeness (QED) is 0.765. The van der Waals surface area contributed by atoms with Gasteiger partial charge in [-0.25, -0.2) is 14.8 Å². The van der Waals surface area contributed by atoms with Crippen molar-refractivity contribution in [3.05, 3.63) is 23.7 Å². The first-order valence-electron chi connectivity index (χ1n) is 8.25. The van der Waals surface area contributed by atoms with Gasteiger partial charge in [0.2, 0.25) is 5.88 Å². The molecule has 0 radical (unpaired) electrons. The SMILES string of the molecule is CCCc1nc(C)c2c(NC(=O)OCC)nc3ccc(OC)nc3n12. The summed E-state index contributed by atoms with van der Waals surface area (Å²) in [5.41, 5.74) is 2.77. The molecule has 3 heterocycles. The smallest absolute Gasteiger partial charge is 0.412 e. The Bertz CT molecular complexity index is 935. The van der Waals surface area contributed by atoms with Crippen LogP contribution in [0.1, 0.15) is 31.8 Å². The molecule has 0 unspecified atom stereocenters. The van der Waals surface area contributed by atoms with E-state index < -0.39 is 6.09 Å². The highest BCUT2D eigenvalue weighted by molar-refractivity contribution is 5.93. The molecule has 0 saturated carbocycles. The van der Waals surface area contributed by atoms with Crippen LogP contribution in [-0.2, 0) is 11.2 Å². The second-order valence-corrected chi connectivity index (χ2v) is 5.55. The third-order valence-electron chi connectivity index (χ3n) is 3.80. The van der Waals surface area contributed by atoms with E-state index in [0.29, 0.717) is 28.4 Å². The highest BCUT2D eigenvalue weighted by atomic mass is 16.5. The first kappa shape index (κ1) is 16.9. The van der Waals surface area contributed by atoms with Gasteiger partial charge in [0, 0.05) is 12.5 Å². The minimum absolute atomic E-state index is 0.285. The summed E-state index contributed by atoms with van der Waals surface area (Å²) in [6.07, 6.45) is 1.18. The Morgan fingerprint density at radius 2 is 2.04 bits per heavy atom. The molecule has 132 valence electrons. The number of imidazole rings is 1. The van der Waals surface area contributed by atoms with Crippen LogP contribution in [0.25, 0.3) is 16.7 Å². The number of anilines is 1. The number of nitrogens with one attached hydrogen (secondary N) is 1. The van der Waals surface area contributed by atoms with E-state index in [4.69, 9.17) is 9.47 Å². The molecule has 0 aliphatic heterocycles. The minimum atomic E-state index is -0.546. The molecule has 0 aliphatic carbocycles. The van der Waals surface area contributed by atoms with E-state index >= 15 is 0 Å². The Kier molecular flexibility index (Phi) is 4.69. The zero-order valence-corrected chi connectivity index (χ0v) is 14.8. The maximum absolute atomic E-state index is 11.9. The van der Waals surface area contributed by atoms with Gasteiger partial charge in [0.15, 0.2) is 11.5 Å². The first-order chi connectivity index (χ1) is 12.1. The lowest BCUT2D eigenvalue weighted by atomic mass is 10.3. The average Bonchev–Trinajstić information content (AvgIpc) is 2.92. The van der Waals surface area contributed by atoms with Gasteiger partial charge in [0.1, 0.15) is 16.9 Å². The second-order valence-electron chi connectivity index (χ2n) is 5.55. The van der Waals surface area contributed by atoms with Crippen LogP contribution in [0.5, 0.6) is 5.88 Å². The number of amides is 1. The largest absolute Gasteiger partial charge is 0.481 e. The highest BCUT2D eigenvalue weighted by Crippen LogP contribution is 2.27. The predicted octanol–water partition coefficient (Wildman–Crippen LogP) is 3.12. The summed E-state index contributed by atoms with van der Waals surface area (Å²) in [4.78, 5) is 25.6. The fourth-order valence-corrected chi connectivity index (χ4v) is 2.80. The number of fused-ring (bicyclic) bond motifs is 3. The number of rotatable bonds is 5. The third-order valence-corrected chi connectivity index (χ3v) is 3.80. The number of pyridine rings is 1. The number of hydrogen-bond acceptors (Lipinski definition) is 6. The average molecular weight is 343 g/mol. The summed E-state index contributed by atoms with van der Waals surface area (Å²) in [5, 5.41) is 2.71. The zero-order valence-electron chi connectivity index (χ0n) is 14.8. The Hall–Kier alpha value is -2.90. The van der Waals surface area contributed by atoms with Crippen LogP contribution >= 0.6 is 0 Å². The Balaban J connectivity index is 2.30. The molecule has 0 bridgehead atoms. The van der Waals surface area contributed by atoms with Crippen LogP contribution < -0.4 is 10.1 Å². The summed E-state index contributed by atoms with van der Waals surface area (Å²) < 4.78 is 12.2. The normalized spacial score (nSPS) is 11.0. The molecule has 3 rings (SSSR count). The first-order valence-corrected chi connectivity index (χ1v) is 8.25. The van der Waals surface area contributed by atoms with Gasteiger partial charge in [-0.1, -0.05) is 6.92 Å². The number of carbonyl (C=O) groups excluding carboxylic acids is 1. The molecule has 3 aromatic heterocycles. The Morgan fingerprint density at radius 1 is 1.24 bits per heavy atom. The maximum Gasteiger partial charge on any atom is 0.412 e. The van der Waals surface area contributed by atoms with Gasteiger partial charge >= 0.3 is 6.09 Å². The Labute approximate surface area is 145 Å². The molecule has 0 aliphatic rings. The fourth-order valence-electron chi connectivity index (χ4n) is 2.80. The van der Waals surface area contributed by atoms with E-state index in [0.717, 1.165) is 24.4 Å². The lowest BCUT2D eigenvalue weighted by Gasteiger charge is -2.11. The summed E-state index contributed by atoms with van der Waals surface area (Å²) in [7, 11) is 1.57. The number of aromatic nitrogens is 4. The number of aryl methyl sites for hydroxylation is 2. The van der Waals surface area contributed by atoms with Crippen molar-refractivity contribution in [1.82, 2.24) is 19.4 Å². The highest BCUT2D eigenvalue weighted by Gasteiger charge is 2.19. The summed E-state index contributed by atoms with van der Waals surface area (Å²) in [6, 6.07) is 3.54. The van der Waals surface area contributed by atoms with Gasteiger partial charge in [-0.05, 0) is 26.3 Å². The van der Waals surface area contributed by atoms with Crippen molar-refractivity contribution in [3.63, 3.8) is 0 Å². The van der Waals surface area contributed by atoms with Crippen molar-refractivity contribution < 1.29 is 14.3 Å². The topological polar surface area (TPSA) is 90.6 Å². The van der Waals surface area contributed by atoms with Gasteiger partial charge in [0.25, 0.3) is 0 Å². The van der Waals surface area contributed by atoms with Gasteiger partial charge in [-0.2, -0.15) is 4.98 Å².